The minimum Gasteiger partial charge on any atom is -0.478 e. The Bertz CT molecular complexity index is 780. The first-order valence-electron chi connectivity index (χ1n) is 10.2. The zero-order valence-corrected chi connectivity index (χ0v) is 17.3. The van der Waals surface area contributed by atoms with E-state index < -0.39 is 23.9 Å². The summed E-state index contributed by atoms with van der Waals surface area (Å²) in [6.07, 6.45) is 3.53. The topological polar surface area (TPSA) is 162 Å². The largest absolute Gasteiger partial charge is 0.478 e. The Morgan fingerprint density at radius 3 is 1.81 bits per heavy atom. The molecule has 0 aliphatic heterocycles. The van der Waals surface area contributed by atoms with E-state index in [2.05, 4.69) is 16.0 Å². The lowest BCUT2D eigenvalue weighted by molar-refractivity contribution is -0.122. The van der Waals surface area contributed by atoms with Crippen LogP contribution in [0, 0.1) is 0 Å². The number of benzene rings is 1. The number of carbonyl (C=O) groups is 5. The molecular weight excluding hydrogens is 406 g/mol. The molecule has 0 bridgehead atoms. The maximum Gasteiger partial charge on any atom is 0.404 e. The van der Waals surface area contributed by atoms with Crippen molar-refractivity contribution >= 4 is 29.8 Å². The molecule has 0 unspecified atom stereocenters. The molecule has 0 fully saturated rings. The number of aromatic carboxylic acids is 1. The SMILES string of the molecule is O=C(O)NCCCCCCNC(=O)CCCCC(=O)NC(=O)c1ccccc1C(=O)O. The number of carboxylic acids is 1. The van der Waals surface area contributed by atoms with Crippen molar-refractivity contribution in [3.05, 3.63) is 35.4 Å². The molecule has 170 valence electrons. The monoisotopic (exact) mass is 435 g/mol. The third-order valence-corrected chi connectivity index (χ3v) is 4.41. The van der Waals surface area contributed by atoms with Gasteiger partial charge in [0.15, 0.2) is 0 Å². The molecule has 4 amide bonds. The van der Waals surface area contributed by atoms with Crippen LogP contribution in [-0.4, -0.2) is 53.1 Å². The van der Waals surface area contributed by atoms with Crippen LogP contribution in [-0.2, 0) is 9.59 Å². The first kappa shape index (κ1) is 25.6. The lowest BCUT2D eigenvalue weighted by Crippen LogP contribution is -2.31. The second kappa shape index (κ2) is 14.5. The standard InChI is InChI=1S/C21H29N3O7/c25-17(22-13-7-1-2-8-14-23-21(30)31)11-5-6-12-18(26)24-19(27)15-9-3-4-10-16(15)20(28)29/h3-4,9-10,23H,1-2,5-8,11-14H2,(H,22,25)(H,28,29)(H,30,31)(H,24,26,27). The van der Waals surface area contributed by atoms with Crippen LogP contribution in [0.4, 0.5) is 4.79 Å². The molecule has 0 saturated carbocycles. The van der Waals surface area contributed by atoms with Gasteiger partial charge in [-0.05, 0) is 37.8 Å². The van der Waals surface area contributed by atoms with Crippen molar-refractivity contribution in [1.82, 2.24) is 16.0 Å². The van der Waals surface area contributed by atoms with E-state index in [0.29, 0.717) is 25.9 Å². The van der Waals surface area contributed by atoms with Crippen LogP contribution < -0.4 is 16.0 Å². The van der Waals surface area contributed by atoms with E-state index in [9.17, 15) is 24.0 Å². The zero-order chi connectivity index (χ0) is 23.1. The summed E-state index contributed by atoms with van der Waals surface area (Å²) in [5.41, 5.74) is -0.262. The third kappa shape index (κ3) is 11.4. The van der Waals surface area contributed by atoms with Crippen molar-refractivity contribution in [2.75, 3.05) is 13.1 Å². The molecule has 0 spiro atoms. The van der Waals surface area contributed by atoms with Crippen molar-refractivity contribution in [2.45, 2.75) is 51.4 Å². The number of carbonyl (C=O) groups excluding carboxylic acids is 3. The molecule has 5 N–H and O–H groups in total. The summed E-state index contributed by atoms with van der Waals surface area (Å²) in [7, 11) is 0. The molecule has 0 heterocycles. The number of carboxylic acid groups (broad SMARTS) is 2. The summed E-state index contributed by atoms with van der Waals surface area (Å²) in [6, 6.07) is 5.63. The van der Waals surface area contributed by atoms with E-state index in [1.807, 2.05) is 0 Å². The van der Waals surface area contributed by atoms with Gasteiger partial charge in [-0.2, -0.15) is 0 Å². The molecule has 1 aromatic carbocycles. The fourth-order valence-electron chi connectivity index (χ4n) is 2.81. The van der Waals surface area contributed by atoms with Crippen LogP contribution >= 0.6 is 0 Å². The Morgan fingerprint density at radius 2 is 1.23 bits per heavy atom. The first-order chi connectivity index (χ1) is 14.8. The lowest BCUT2D eigenvalue weighted by atomic mass is 10.1. The van der Waals surface area contributed by atoms with Crippen molar-refractivity contribution in [1.29, 1.82) is 0 Å². The maximum absolute atomic E-state index is 12.1. The Labute approximate surface area is 180 Å². The van der Waals surface area contributed by atoms with Crippen molar-refractivity contribution < 1.29 is 34.2 Å². The summed E-state index contributed by atoms with van der Waals surface area (Å²) >= 11 is 0. The van der Waals surface area contributed by atoms with Gasteiger partial charge in [-0.25, -0.2) is 9.59 Å². The molecule has 0 aliphatic rings. The number of hydrogen-bond donors (Lipinski definition) is 5. The van der Waals surface area contributed by atoms with Gasteiger partial charge in [-0.1, -0.05) is 25.0 Å². The Morgan fingerprint density at radius 1 is 0.677 bits per heavy atom. The molecule has 0 saturated heterocycles. The predicted octanol–water partition coefficient (Wildman–Crippen LogP) is 2.15. The van der Waals surface area contributed by atoms with Gasteiger partial charge in [0.05, 0.1) is 11.1 Å². The first-order valence-corrected chi connectivity index (χ1v) is 10.2. The summed E-state index contributed by atoms with van der Waals surface area (Å²) in [6.45, 7) is 0.968. The highest BCUT2D eigenvalue weighted by molar-refractivity contribution is 6.10. The molecule has 0 atom stereocenters. The number of nitrogens with one attached hydrogen (secondary N) is 3. The molecule has 0 aliphatic carbocycles. The summed E-state index contributed by atoms with van der Waals surface area (Å²) in [5, 5.41) is 24.8. The Balaban J connectivity index is 2.12. The molecule has 1 rings (SSSR count). The molecule has 0 aromatic heterocycles. The summed E-state index contributed by atoms with van der Waals surface area (Å²) in [4.78, 5) is 57.2. The van der Waals surface area contributed by atoms with E-state index in [-0.39, 0.29) is 29.9 Å². The average Bonchev–Trinajstić information content (AvgIpc) is 2.72. The molecule has 31 heavy (non-hydrogen) atoms. The van der Waals surface area contributed by atoms with Crippen molar-refractivity contribution in [3.63, 3.8) is 0 Å². The number of rotatable bonds is 14. The summed E-state index contributed by atoms with van der Waals surface area (Å²) < 4.78 is 0. The van der Waals surface area contributed by atoms with Crippen LogP contribution in [0.2, 0.25) is 0 Å². The minimum absolute atomic E-state index is 0.0542. The minimum atomic E-state index is -1.25. The highest BCUT2D eigenvalue weighted by atomic mass is 16.4. The smallest absolute Gasteiger partial charge is 0.404 e. The maximum atomic E-state index is 12.1. The number of hydrogen-bond acceptors (Lipinski definition) is 5. The van der Waals surface area contributed by atoms with Crippen LogP contribution in [0.1, 0.15) is 72.1 Å². The van der Waals surface area contributed by atoms with E-state index in [1.54, 1.807) is 0 Å². The molecule has 0 radical (unpaired) electrons. The Kier molecular flexibility index (Phi) is 12.0. The van der Waals surface area contributed by atoms with Gasteiger partial charge < -0.3 is 20.8 Å². The number of unbranched alkanes of at least 4 members (excludes halogenated alkanes) is 4. The fraction of sp³-hybridized carbons (Fsp3) is 0.476. The molecule has 10 nitrogen and oxygen atoms in total. The van der Waals surface area contributed by atoms with Gasteiger partial charge >= 0.3 is 12.1 Å². The van der Waals surface area contributed by atoms with Gasteiger partial charge in [0.2, 0.25) is 11.8 Å². The number of imide groups is 1. The highest BCUT2D eigenvalue weighted by Crippen LogP contribution is 2.09. The van der Waals surface area contributed by atoms with Gasteiger partial charge in [-0.3, -0.25) is 19.7 Å². The fourth-order valence-corrected chi connectivity index (χ4v) is 2.81. The molecule has 1 aromatic rings. The Hall–Kier alpha value is -3.43. The van der Waals surface area contributed by atoms with Crippen LogP contribution in [0.5, 0.6) is 0 Å². The molecular formula is C21H29N3O7. The average molecular weight is 435 g/mol. The van der Waals surface area contributed by atoms with Gasteiger partial charge in [0, 0.05) is 25.9 Å². The highest BCUT2D eigenvalue weighted by Gasteiger charge is 2.17. The van der Waals surface area contributed by atoms with Gasteiger partial charge in [0.1, 0.15) is 0 Å². The van der Waals surface area contributed by atoms with Crippen LogP contribution in [0.15, 0.2) is 24.3 Å². The van der Waals surface area contributed by atoms with Crippen LogP contribution in [0.25, 0.3) is 0 Å². The van der Waals surface area contributed by atoms with Crippen molar-refractivity contribution in [3.8, 4) is 0 Å². The van der Waals surface area contributed by atoms with E-state index in [0.717, 1.165) is 25.7 Å². The van der Waals surface area contributed by atoms with E-state index in [1.165, 1.54) is 24.3 Å². The lowest BCUT2D eigenvalue weighted by Gasteiger charge is -2.07. The second-order valence-electron chi connectivity index (χ2n) is 6.93. The zero-order valence-electron chi connectivity index (χ0n) is 17.3. The predicted molar refractivity (Wildman–Crippen MR) is 112 cm³/mol. The van der Waals surface area contributed by atoms with Gasteiger partial charge in [0.25, 0.3) is 5.91 Å². The quantitative estimate of drug-likeness (QED) is 0.280. The number of amides is 4. The van der Waals surface area contributed by atoms with E-state index in [4.69, 9.17) is 10.2 Å². The normalized spacial score (nSPS) is 10.2. The third-order valence-electron chi connectivity index (χ3n) is 4.41. The second-order valence-corrected chi connectivity index (χ2v) is 6.93. The molecule has 10 heteroatoms. The van der Waals surface area contributed by atoms with Crippen molar-refractivity contribution in [2.24, 2.45) is 0 Å². The van der Waals surface area contributed by atoms with Gasteiger partial charge in [-0.15, -0.1) is 0 Å². The summed E-state index contributed by atoms with van der Waals surface area (Å²) in [5.74, 6) is -2.65. The van der Waals surface area contributed by atoms with Crippen LogP contribution in [0.3, 0.4) is 0 Å². The van der Waals surface area contributed by atoms with E-state index >= 15 is 0 Å².